The predicted molar refractivity (Wildman–Crippen MR) is 72.7 cm³/mol. The maximum Gasteiger partial charge on any atom is 0.118 e. The Labute approximate surface area is 108 Å². The molecule has 0 unspecified atom stereocenters. The number of aliphatic hydroxyl groups is 1. The van der Waals surface area contributed by atoms with Gasteiger partial charge < -0.3 is 9.84 Å². The van der Waals surface area contributed by atoms with E-state index < -0.39 is 6.10 Å². The van der Waals surface area contributed by atoms with E-state index in [9.17, 15) is 5.11 Å². The molecule has 1 N–H and O–H groups in total. The van der Waals surface area contributed by atoms with Crippen LogP contribution in [0.4, 0.5) is 0 Å². The van der Waals surface area contributed by atoms with Gasteiger partial charge >= 0.3 is 0 Å². The third-order valence-corrected chi connectivity index (χ3v) is 3.05. The van der Waals surface area contributed by atoms with Crippen LogP contribution in [0.15, 0.2) is 54.6 Å². The second-order valence-electron chi connectivity index (χ2n) is 4.31. The van der Waals surface area contributed by atoms with E-state index in [1.165, 1.54) is 5.56 Å². The number of aliphatic hydroxyl groups excluding tert-OH is 1. The van der Waals surface area contributed by atoms with Crippen LogP contribution in [-0.4, -0.2) is 12.2 Å². The van der Waals surface area contributed by atoms with E-state index in [-0.39, 0.29) is 0 Å². The number of aryl methyl sites for hydroxylation is 1. The van der Waals surface area contributed by atoms with E-state index in [1.54, 1.807) is 7.11 Å². The molecular weight excluding hydrogens is 224 g/mol. The lowest BCUT2D eigenvalue weighted by Gasteiger charge is -2.11. The van der Waals surface area contributed by atoms with Gasteiger partial charge in [0.25, 0.3) is 0 Å². The van der Waals surface area contributed by atoms with Gasteiger partial charge in [-0.15, -0.1) is 0 Å². The topological polar surface area (TPSA) is 29.5 Å². The van der Waals surface area contributed by atoms with Crippen molar-refractivity contribution in [2.24, 2.45) is 0 Å². The molecule has 0 aliphatic carbocycles. The summed E-state index contributed by atoms with van der Waals surface area (Å²) in [5.74, 6) is 0.863. The molecule has 0 saturated heterocycles. The van der Waals surface area contributed by atoms with Gasteiger partial charge in [-0.3, -0.25) is 0 Å². The van der Waals surface area contributed by atoms with Gasteiger partial charge in [-0.2, -0.15) is 0 Å². The second kappa shape index (κ2) is 6.22. The average Bonchev–Trinajstić information content (AvgIpc) is 2.46. The van der Waals surface area contributed by atoms with Crippen LogP contribution in [0.25, 0.3) is 0 Å². The summed E-state index contributed by atoms with van der Waals surface area (Å²) in [6, 6.07) is 17.7. The van der Waals surface area contributed by atoms with Crippen LogP contribution in [0, 0.1) is 0 Å². The van der Waals surface area contributed by atoms with Crippen LogP contribution >= 0.6 is 0 Å². The number of hydrogen-bond acceptors (Lipinski definition) is 2. The molecule has 2 nitrogen and oxygen atoms in total. The molecule has 0 aliphatic heterocycles. The van der Waals surface area contributed by atoms with Gasteiger partial charge in [0.1, 0.15) is 5.75 Å². The Morgan fingerprint density at radius 1 is 1.00 bits per heavy atom. The predicted octanol–water partition coefficient (Wildman–Crippen LogP) is 3.36. The van der Waals surface area contributed by atoms with Crippen LogP contribution in [0.5, 0.6) is 5.75 Å². The average molecular weight is 242 g/mol. The molecule has 0 fully saturated rings. The largest absolute Gasteiger partial charge is 0.497 e. The maximum absolute atomic E-state index is 10.1. The van der Waals surface area contributed by atoms with Crippen LogP contribution in [-0.2, 0) is 6.42 Å². The fraction of sp³-hybridized carbons (Fsp3) is 0.250. The first-order valence-corrected chi connectivity index (χ1v) is 6.15. The third-order valence-electron chi connectivity index (χ3n) is 3.05. The molecule has 0 amide bonds. The molecule has 1 atom stereocenters. The minimum absolute atomic E-state index is 0.395. The van der Waals surface area contributed by atoms with Gasteiger partial charge in [0, 0.05) is 0 Å². The van der Waals surface area contributed by atoms with Gasteiger partial charge in [0.05, 0.1) is 13.2 Å². The van der Waals surface area contributed by atoms with Gasteiger partial charge in [0.15, 0.2) is 0 Å². The van der Waals surface area contributed by atoms with E-state index in [0.717, 1.165) is 24.2 Å². The first-order valence-electron chi connectivity index (χ1n) is 6.15. The van der Waals surface area contributed by atoms with Crippen molar-refractivity contribution in [2.75, 3.05) is 7.11 Å². The molecule has 2 rings (SSSR count). The minimum Gasteiger partial charge on any atom is -0.497 e. The molecule has 18 heavy (non-hydrogen) atoms. The zero-order valence-electron chi connectivity index (χ0n) is 10.5. The fourth-order valence-corrected chi connectivity index (χ4v) is 1.94. The first kappa shape index (κ1) is 12.7. The second-order valence-corrected chi connectivity index (χ2v) is 4.31. The lowest BCUT2D eigenvalue weighted by Crippen LogP contribution is -1.99. The Morgan fingerprint density at radius 3 is 2.28 bits per heavy atom. The normalized spacial score (nSPS) is 12.1. The van der Waals surface area contributed by atoms with Crippen molar-refractivity contribution in [3.63, 3.8) is 0 Å². The lowest BCUT2D eigenvalue weighted by atomic mass is 10.0. The molecule has 0 bridgehead atoms. The minimum atomic E-state index is -0.395. The molecule has 0 aromatic heterocycles. The van der Waals surface area contributed by atoms with Gasteiger partial charge in [-0.05, 0) is 36.1 Å². The smallest absolute Gasteiger partial charge is 0.118 e. The van der Waals surface area contributed by atoms with Crippen molar-refractivity contribution in [1.29, 1.82) is 0 Å². The highest BCUT2D eigenvalue weighted by atomic mass is 16.5. The summed E-state index contributed by atoms with van der Waals surface area (Å²) in [6.45, 7) is 0. The highest BCUT2D eigenvalue weighted by Gasteiger charge is 2.06. The Balaban J connectivity index is 1.91. The molecule has 0 radical (unpaired) electrons. The highest BCUT2D eigenvalue weighted by molar-refractivity contribution is 5.27. The van der Waals surface area contributed by atoms with Crippen molar-refractivity contribution in [2.45, 2.75) is 18.9 Å². The van der Waals surface area contributed by atoms with Crippen LogP contribution in [0.1, 0.15) is 23.7 Å². The Kier molecular flexibility index (Phi) is 4.37. The summed E-state index contributed by atoms with van der Waals surface area (Å²) in [5.41, 5.74) is 2.19. The van der Waals surface area contributed by atoms with Gasteiger partial charge in [-0.25, -0.2) is 0 Å². The van der Waals surface area contributed by atoms with E-state index in [4.69, 9.17) is 4.74 Å². The first-order chi connectivity index (χ1) is 8.79. The van der Waals surface area contributed by atoms with E-state index in [1.807, 2.05) is 54.6 Å². The molecule has 0 aliphatic rings. The summed E-state index contributed by atoms with van der Waals surface area (Å²) in [7, 11) is 1.66. The molecule has 2 aromatic rings. The summed E-state index contributed by atoms with van der Waals surface area (Å²) in [5, 5.41) is 10.1. The third kappa shape index (κ3) is 3.34. The van der Waals surface area contributed by atoms with Crippen LogP contribution < -0.4 is 4.74 Å². The summed E-state index contributed by atoms with van der Waals surface area (Å²) >= 11 is 0. The molecular formula is C16H18O2. The lowest BCUT2D eigenvalue weighted by molar-refractivity contribution is 0.168. The van der Waals surface area contributed by atoms with Crippen molar-refractivity contribution < 1.29 is 9.84 Å². The quantitative estimate of drug-likeness (QED) is 0.871. The van der Waals surface area contributed by atoms with E-state index in [0.29, 0.717) is 0 Å². The summed E-state index contributed by atoms with van der Waals surface area (Å²) in [4.78, 5) is 0. The number of rotatable bonds is 5. The van der Waals surface area contributed by atoms with E-state index >= 15 is 0 Å². The SMILES string of the molecule is COc1ccc(CC[C@H](O)c2ccccc2)cc1. The van der Waals surface area contributed by atoms with Gasteiger partial charge in [-0.1, -0.05) is 42.5 Å². The Morgan fingerprint density at radius 2 is 1.67 bits per heavy atom. The fourth-order valence-electron chi connectivity index (χ4n) is 1.94. The zero-order chi connectivity index (χ0) is 12.8. The number of hydrogen-bond donors (Lipinski definition) is 1. The standard InChI is InChI=1S/C16H18O2/c1-18-15-10-7-13(8-11-15)9-12-16(17)14-5-3-2-4-6-14/h2-8,10-11,16-17H,9,12H2,1H3/t16-/m0/s1. The molecule has 2 heteroatoms. The number of benzene rings is 2. The van der Waals surface area contributed by atoms with Crippen molar-refractivity contribution in [3.8, 4) is 5.75 Å². The summed E-state index contributed by atoms with van der Waals surface area (Å²) in [6.07, 6.45) is 1.20. The molecule has 0 spiro atoms. The van der Waals surface area contributed by atoms with Crippen molar-refractivity contribution >= 4 is 0 Å². The monoisotopic (exact) mass is 242 g/mol. The van der Waals surface area contributed by atoms with Gasteiger partial charge in [0.2, 0.25) is 0 Å². The van der Waals surface area contributed by atoms with Crippen molar-refractivity contribution in [1.82, 2.24) is 0 Å². The molecule has 94 valence electrons. The zero-order valence-corrected chi connectivity index (χ0v) is 10.5. The number of methoxy groups -OCH3 is 1. The van der Waals surface area contributed by atoms with Crippen LogP contribution in [0.3, 0.4) is 0 Å². The number of ether oxygens (including phenoxy) is 1. The van der Waals surface area contributed by atoms with E-state index in [2.05, 4.69) is 0 Å². The summed E-state index contributed by atoms with van der Waals surface area (Å²) < 4.78 is 5.11. The highest BCUT2D eigenvalue weighted by Crippen LogP contribution is 2.19. The Hall–Kier alpha value is -1.80. The maximum atomic E-state index is 10.1. The van der Waals surface area contributed by atoms with Crippen LogP contribution in [0.2, 0.25) is 0 Å². The van der Waals surface area contributed by atoms with Crippen molar-refractivity contribution in [3.05, 3.63) is 65.7 Å². The molecule has 0 heterocycles. The Bertz CT molecular complexity index is 462. The molecule has 2 aromatic carbocycles. The molecule has 0 saturated carbocycles.